The van der Waals surface area contributed by atoms with E-state index in [1.807, 2.05) is 0 Å². The second-order valence-corrected chi connectivity index (χ2v) is 41.7. The van der Waals surface area contributed by atoms with Gasteiger partial charge >= 0.3 is 352 Å². The van der Waals surface area contributed by atoms with Gasteiger partial charge in [-0.2, -0.15) is 26.3 Å². The molecule has 0 aromatic heterocycles. The van der Waals surface area contributed by atoms with Gasteiger partial charge in [0.15, 0.2) is 20.2 Å². The first-order valence-corrected chi connectivity index (χ1v) is 36.1. The molecule has 13 rings (SSSR count). The summed E-state index contributed by atoms with van der Waals surface area (Å²) in [7, 11) is -17.6. The molecule has 3 heterocycles. The van der Waals surface area contributed by atoms with E-state index in [2.05, 4.69) is 170 Å². The predicted octanol–water partition coefficient (Wildman–Crippen LogP) is 6.81. The Hall–Kier alpha value is -4.04. The van der Waals surface area contributed by atoms with Crippen molar-refractivity contribution in [3.63, 3.8) is 0 Å². The number of halogens is 6. The maximum atomic E-state index is 10.7. The monoisotopic (exact) mass is 1300 g/mol. The first-order chi connectivity index (χ1) is 34.1. The fourth-order valence-corrected chi connectivity index (χ4v) is 55.9. The number of fused-ring (bicyclic) bond motifs is 2. The second kappa shape index (κ2) is 17.8. The van der Waals surface area contributed by atoms with Gasteiger partial charge in [-0.3, -0.25) is 0 Å². The van der Waals surface area contributed by atoms with E-state index in [1.54, 1.807) is 0 Å². The Morgan fingerprint density at radius 1 is 0.389 bits per heavy atom. The summed E-state index contributed by atoms with van der Waals surface area (Å²) in [4.78, 5) is 0. The van der Waals surface area contributed by atoms with Gasteiger partial charge in [-0.15, -0.1) is 0 Å². The fourth-order valence-electron chi connectivity index (χ4n) is 9.97. The normalized spacial score (nSPS) is 22.7. The van der Waals surface area contributed by atoms with Crippen molar-refractivity contribution < 1.29 is 61.0 Å². The number of alkyl halides is 6. The molecule has 0 bridgehead atoms. The topological polar surface area (TPSA) is 151 Å². The summed E-state index contributed by atoms with van der Waals surface area (Å²) in [6.07, 6.45) is 4.21. The Morgan fingerprint density at radius 2 is 0.639 bits per heavy atom. The summed E-state index contributed by atoms with van der Waals surface area (Å²) < 4.78 is 152. The van der Waals surface area contributed by atoms with Gasteiger partial charge in [-0.1, -0.05) is 0 Å². The SMILES string of the molecule is O=S(=O)([O-])C(F)(F)F.O=S(=O)([O-])C(F)(F)F.c1ccc([P+]2(c3ccccc3)O[Te]3(O[Te]4(O[P+](c5ccccc5)(c5ccccc5)c5ccc6c7c(ccc4c57)CC6)O3)c3ccc4c5c(ccc2c35)CC4)cc1. The third kappa shape index (κ3) is 7.88. The molecule has 5 aliphatic rings. The number of aryl methyl sites for hydroxylation is 4. The summed E-state index contributed by atoms with van der Waals surface area (Å²) >= 11 is -8.90. The zero-order valence-electron chi connectivity index (χ0n) is 36.9. The Morgan fingerprint density at radius 3 is 0.889 bits per heavy atom. The first-order valence-electron chi connectivity index (χ1n) is 21.9. The van der Waals surface area contributed by atoms with Crippen LogP contribution in [0.4, 0.5) is 26.3 Å². The van der Waals surface area contributed by atoms with Crippen LogP contribution in [0.15, 0.2) is 170 Å². The number of hydrogen-bond donors (Lipinski definition) is 0. The van der Waals surface area contributed by atoms with Crippen LogP contribution in [0.1, 0.15) is 22.3 Å². The second-order valence-electron chi connectivity index (χ2n) is 17.0. The maximum absolute atomic E-state index is 10.7. The molecule has 0 unspecified atom stereocenters. The third-order valence-electron chi connectivity index (χ3n) is 12.9. The molecule has 0 radical (unpaired) electrons. The molecule has 2 aliphatic carbocycles. The molecule has 72 heavy (non-hydrogen) atoms. The molecule has 0 atom stereocenters. The number of benzene rings is 8. The van der Waals surface area contributed by atoms with E-state index in [0.29, 0.717) is 0 Å². The molecule has 0 amide bonds. The zero-order valence-corrected chi connectivity index (χ0v) is 45.0. The summed E-state index contributed by atoms with van der Waals surface area (Å²) in [5.74, 6) is 0. The van der Waals surface area contributed by atoms with Crippen molar-refractivity contribution >= 4 is 135 Å². The average molecular weight is 1290 g/mol. The van der Waals surface area contributed by atoms with Crippen LogP contribution in [-0.2, 0) is 54.6 Å². The summed E-state index contributed by atoms with van der Waals surface area (Å²) in [6, 6.07) is 62.5. The van der Waals surface area contributed by atoms with E-state index in [4.69, 9.17) is 34.6 Å². The molecular weight excluding hydrogens is 1260 g/mol. The van der Waals surface area contributed by atoms with Gasteiger partial charge in [0.05, 0.1) is 0 Å². The van der Waals surface area contributed by atoms with Gasteiger partial charge in [0.2, 0.25) is 0 Å². The van der Waals surface area contributed by atoms with Gasteiger partial charge in [0, 0.05) is 0 Å². The van der Waals surface area contributed by atoms with Crippen molar-refractivity contribution in [3.8, 4) is 0 Å². The average Bonchev–Trinajstić information content (AvgIpc) is 3.99. The molecule has 3 aliphatic heterocycles. The molecule has 0 saturated carbocycles. The van der Waals surface area contributed by atoms with E-state index in [9.17, 15) is 26.3 Å². The summed E-state index contributed by atoms with van der Waals surface area (Å²) in [5, 5.41) is 12.7. The van der Waals surface area contributed by atoms with Crippen LogP contribution in [0.3, 0.4) is 0 Å². The standard InChI is InChI=1S/C48H36O4P2Te2.2CHF3O3S/c1-5-13-37(14-6-1)53(38-15-7-2-8-16-38)41-29-25-33-21-23-35-27-31-43(47(41)45(33)35)55(49-53)51-56(52-55)44-32-28-36-24-22-34-26-30-42(48(44)46(34)36)54(50-56,39-17-9-3-10-18-39)40-19-11-4-12-20-40;2*2-1(3,4)8(5,6)7/h1-20,25-32H,21-24H2;2*(H,5,6,7)/q+2;;/p-2. The van der Waals surface area contributed by atoms with Crippen molar-refractivity contribution in [2.75, 3.05) is 0 Å². The van der Waals surface area contributed by atoms with E-state index < -0.39 is 85.1 Å². The number of hydrogen-bond acceptors (Lipinski definition) is 10. The molecular formula is C50H36F6O10P2S2Te2. The van der Waals surface area contributed by atoms with Crippen LogP contribution < -0.4 is 39.1 Å². The predicted molar refractivity (Wildman–Crippen MR) is 267 cm³/mol. The van der Waals surface area contributed by atoms with Crippen LogP contribution in [0.2, 0.25) is 0 Å². The zero-order chi connectivity index (χ0) is 50.7. The quantitative estimate of drug-likeness (QED) is 0.0605. The molecule has 22 heteroatoms. The van der Waals surface area contributed by atoms with Crippen molar-refractivity contribution in [2.45, 2.75) is 36.7 Å². The summed E-state index contributed by atoms with van der Waals surface area (Å²) in [5.41, 5.74) is -5.63. The van der Waals surface area contributed by atoms with Gasteiger partial charge in [0.25, 0.3) is 0 Å². The molecule has 1 fully saturated rings. The molecule has 0 N–H and O–H groups in total. The van der Waals surface area contributed by atoms with E-state index >= 15 is 0 Å². The first kappa shape index (κ1) is 50.1. The van der Waals surface area contributed by atoms with E-state index in [0.717, 1.165) is 32.9 Å². The summed E-state index contributed by atoms with van der Waals surface area (Å²) in [6.45, 7) is 0. The molecule has 10 nitrogen and oxygen atoms in total. The molecule has 372 valence electrons. The van der Waals surface area contributed by atoms with Gasteiger partial charge in [-0.25, -0.2) is 16.8 Å². The molecule has 2 spiro atoms. The third-order valence-corrected chi connectivity index (χ3v) is 49.1. The van der Waals surface area contributed by atoms with Crippen molar-refractivity contribution in [2.24, 2.45) is 0 Å². The van der Waals surface area contributed by atoms with Gasteiger partial charge in [-0.05, 0) is 0 Å². The van der Waals surface area contributed by atoms with Crippen LogP contribution in [0, 0.1) is 0 Å². The Bertz CT molecular complexity index is 3360. The fraction of sp³-hybridized carbons (Fsp3) is 0.120. The van der Waals surface area contributed by atoms with Crippen LogP contribution in [0.25, 0.3) is 21.5 Å². The minimum atomic E-state index is -6.09. The van der Waals surface area contributed by atoms with Crippen LogP contribution in [0.5, 0.6) is 0 Å². The van der Waals surface area contributed by atoms with E-state index in [-0.39, 0.29) is 0 Å². The van der Waals surface area contributed by atoms with Crippen LogP contribution >= 0.6 is 15.0 Å². The molecule has 1 saturated heterocycles. The Kier molecular flexibility index (Phi) is 12.4. The Labute approximate surface area is 421 Å². The molecule has 8 aromatic carbocycles. The van der Waals surface area contributed by atoms with Crippen LogP contribution in [-0.4, -0.2) is 75.8 Å². The van der Waals surface area contributed by atoms with Crippen molar-refractivity contribution in [1.82, 2.24) is 0 Å². The Balaban J connectivity index is 0.000000305. The minimum absolute atomic E-state index is 1.05. The number of rotatable bonds is 4. The van der Waals surface area contributed by atoms with E-state index in [1.165, 1.54) is 75.6 Å². The van der Waals surface area contributed by atoms with Gasteiger partial charge in [0.1, 0.15) is 0 Å². The van der Waals surface area contributed by atoms with Crippen molar-refractivity contribution in [1.29, 1.82) is 0 Å². The van der Waals surface area contributed by atoms with Crippen molar-refractivity contribution in [3.05, 3.63) is 192 Å². The van der Waals surface area contributed by atoms with Gasteiger partial charge < -0.3 is 9.11 Å². The molecule has 8 aromatic rings.